The molecule has 0 atom stereocenters. The highest BCUT2D eigenvalue weighted by molar-refractivity contribution is 5.80. The van der Waals surface area contributed by atoms with E-state index in [0.29, 0.717) is 19.0 Å². The number of fused-ring (bicyclic) bond motifs is 1. The lowest BCUT2D eigenvalue weighted by atomic mass is 10.2. The van der Waals surface area contributed by atoms with Gasteiger partial charge in [0, 0.05) is 50.5 Å². The summed E-state index contributed by atoms with van der Waals surface area (Å²) in [6.45, 7) is 4.58. The molecule has 3 N–H and O–H groups in total. The van der Waals surface area contributed by atoms with Gasteiger partial charge >= 0.3 is 0 Å². The number of aliphatic imine (C=N–C) groups is 1. The highest BCUT2D eigenvalue weighted by atomic mass is 15.4. The van der Waals surface area contributed by atoms with Crippen molar-refractivity contribution in [1.29, 1.82) is 0 Å². The van der Waals surface area contributed by atoms with E-state index in [0.717, 1.165) is 48.8 Å². The molecule has 144 valence electrons. The Morgan fingerprint density at radius 2 is 1.79 bits per heavy atom. The van der Waals surface area contributed by atoms with Gasteiger partial charge in [-0.15, -0.1) is 0 Å². The number of hydrogen-bond acceptors (Lipinski definition) is 6. The summed E-state index contributed by atoms with van der Waals surface area (Å²) in [5, 5.41) is 4.44. The van der Waals surface area contributed by atoms with Crippen molar-refractivity contribution >= 4 is 28.6 Å². The van der Waals surface area contributed by atoms with Crippen molar-refractivity contribution in [3.63, 3.8) is 0 Å². The predicted octanol–water partition coefficient (Wildman–Crippen LogP) is 1.57. The Morgan fingerprint density at radius 1 is 1.00 bits per heavy atom. The topological polar surface area (TPSA) is 95.6 Å². The Hall–Kier alpha value is -3.42. The Labute approximate surface area is 164 Å². The van der Waals surface area contributed by atoms with Gasteiger partial charge < -0.3 is 20.9 Å². The standard InChI is InChI=1S/C20H24N8/c21-19(27-12-14-28(15-13-27)20-24-8-3-9-25-20)23-11-10-22-18-7-6-16-4-1-2-5-17(16)26-18/h1-9H,10-15H2,(H2,21,23)(H,22,26). The summed E-state index contributed by atoms with van der Waals surface area (Å²) in [7, 11) is 0. The molecule has 1 saturated heterocycles. The van der Waals surface area contributed by atoms with Crippen LogP contribution in [0.1, 0.15) is 0 Å². The van der Waals surface area contributed by atoms with Crippen molar-refractivity contribution in [2.24, 2.45) is 10.7 Å². The second-order valence-electron chi connectivity index (χ2n) is 6.58. The molecule has 1 aromatic carbocycles. The summed E-state index contributed by atoms with van der Waals surface area (Å²) < 4.78 is 0. The number of benzene rings is 1. The maximum Gasteiger partial charge on any atom is 0.225 e. The molecular formula is C20H24N8. The van der Waals surface area contributed by atoms with Crippen LogP contribution in [0.3, 0.4) is 0 Å². The molecule has 1 aliphatic rings. The lowest BCUT2D eigenvalue weighted by molar-refractivity contribution is 0.378. The molecule has 1 aliphatic heterocycles. The first-order valence-corrected chi connectivity index (χ1v) is 9.46. The average molecular weight is 376 g/mol. The van der Waals surface area contributed by atoms with Crippen LogP contribution < -0.4 is 16.0 Å². The molecule has 0 amide bonds. The minimum Gasteiger partial charge on any atom is -0.370 e. The summed E-state index contributed by atoms with van der Waals surface area (Å²) in [6.07, 6.45) is 3.53. The van der Waals surface area contributed by atoms with Crippen molar-refractivity contribution in [1.82, 2.24) is 19.9 Å². The number of para-hydroxylation sites is 1. The Bertz CT molecular complexity index is 935. The highest BCUT2D eigenvalue weighted by Crippen LogP contribution is 2.14. The molecule has 0 bridgehead atoms. The third-order valence-corrected chi connectivity index (χ3v) is 4.73. The van der Waals surface area contributed by atoms with Crippen LogP contribution in [0, 0.1) is 0 Å². The fraction of sp³-hybridized carbons (Fsp3) is 0.300. The zero-order valence-electron chi connectivity index (χ0n) is 15.7. The molecule has 3 aromatic rings. The largest absolute Gasteiger partial charge is 0.370 e. The van der Waals surface area contributed by atoms with Gasteiger partial charge in [0.15, 0.2) is 5.96 Å². The molecule has 0 spiro atoms. The maximum atomic E-state index is 6.17. The van der Waals surface area contributed by atoms with Crippen LogP contribution in [0.4, 0.5) is 11.8 Å². The molecule has 3 heterocycles. The number of anilines is 2. The second-order valence-corrected chi connectivity index (χ2v) is 6.58. The van der Waals surface area contributed by atoms with Gasteiger partial charge in [-0.1, -0.05) is 18.2 Å². The first-order valence-electron chi connectivity index (χ1n) is 9.46. The highest BCUT2D eigenvalue weighted by Gasteiger charge is 2.19. The Balaban J connectivity index is 1.24. The van der Waals surface area contributed by atoms with E-state index in [9.17, 15) is 0 Å². The van der Waals surface area contributed by atoms with E-state index in [-0.39, 0.29) is 0 Å². The fourth-order valence-corrected chi connectivity index (χ4v) is 3.21. The van der Waals surface area contributed by atoms with Crippen LogP contribution in [0.2, 0.25) is 0 Å². The lowest BCUT2D eigenvalue weighted by Gasteiger charge is -2.35. The Morgan fingerprint density at radius 3 is 2.61 bits per heavy atom. The molecule has 1 fully saturated rings. The van der Waals surface area contributed by atoms with Crippen molar-refractivity contribution < 1.29 is 0 Å². The van der Waals surface area contributed by atoms with Crippen LogP contribution >= 0.6 is 0 Å². The van der Waals surface area contributed by atoms with Crippen LogP contribution in [0.5, 0.6) is 0 Å². The summed E-state index contributed by atoms with van der Waals surface area (Å²) >= 11 is 0. The number of piperazine rings is 1. The third kappa shape index (κ3) is 4.28. The van der Waals surface area contributed by atoms with Gasteiger partial charge in [0.05, 0.1) is 12.1 Å². The van der Waals surface area contributed by atoms with Gasteiger partial charge in [0.1, 0.15) is 5.82 Å². The summed E-state index contributed by atoms with van der Waals surface area (Å²) in [4.78, 5) is 22.0. The van der Waals surface area contributed by atoms with Crippen LogP contribution in [0.25, 0.3) is 10.9 Å². The van der Waals surface area contributed by atoms with E-state index in [4.69, 9.17) is 5.73 Å². The predicted molar refractivity (Wildman–Crippen MR) is 113 cm³/mol. The maximum absolute atomic E-state index is 6.17. The van der Waals surface area contributed by atoms with E-state index in [1.165, 1.54) is 0 Å². The SMILES string of the molecule is NC(=NCCNc1ccc2ccccc2n1)N1CCN(c2ncccn2)CC1. The number of nitrogens with two attached hydrogens (primary N) is 1. The normalized spacial score (nSPS) is 15.1. The van der Waals surface area contributed by atoms with Crippen molar-refractivity contribution in [3.05, 3.63) is 54.9 Å². The van der Waals surface area contributed by atoms with Gasteiger partial charge in [-0.05, 0) is 24.3 Å². The Kier molecular flexibility index (Phi) is 5.46. The van der Waals surface area contributed by atoms with E-state index in [1.807, 2.05) is 30.3 Å². The van der Waals surface area contributed by atoms with Crippen LogP contribution in [-0.2, 0) is 0 Å². The fourth-order valence-electron chi connectivity index (χ4n) is 3.21. The molecule has 8 heteroatoms. The van der Waals surface area contributed by atoms with Gasteiger partial charge in [0.2, 0.25) is 5.95 Å². The average Bonchev–Trinajstić information content (AvgIpc) is 2.77. The molecule has 0 radical (unpaired) electrons. The molecule has 4 rings (SSSR count). The van der Waals surface area contributed by atoms with Crippen molar-refractivity contribution in [2.75, 3.05) is 49.5 Å². The van der Waals surface area contributed by atoms with E-state index in [2.05, 4.69) is 47.2 Å². The lowest BCUT2D eigenvalue weighted by Crippen LogP contribution is -2.51. The van der Waals surface area contributed by atoms with Gasteiger partial charge in [-0.2, -0.15) is 0 Å². The minimum atomic E-state index is 0.585. The molecule has 0 saturated carbocycles. The molecule has 0 unspecified atom stereocenters. The number of guanidine groups is 1. The first kappa shape index (κ1) is 18.0. The van der Waals surface area contributed by atoms with Gasteiger partial charge in [-0.25, -0.2) is 15.0 Å². The number of pyridine rings is 1. The van der Waals surface area contributed by atoms with Gasteiger partial charge in [-0.3, -0.25) is 4.99 Å². The van der Waals surface area contributed by atoms with Crippen molar-refractivity contribution in [2.45, 2.75) is 0 Å². The van der Waals surface area contributed by atoms with E-state index >= 15 is 0 Å². The van der Waals surface area contributed by atoms with E-state index < -0.39 is 0 Å². The molecule has 0 aliphatic carbocycles. The summed E-state index contributed by atoms with van der Waals surface area (Å²) in [6, 6.07) is 14.0. The van der Waals surface area contributed by atoms with Gasteiger partial charge in [0.25, 0.3) is 0 Å². The number of hydrogen-bond donors (Lipinski definition) is 2. The molecular weight excluding hydrogens is 352 g/mol. The first-order chi connectivity index (χ1) is 13.8. The zero-order valence-corrected chi connectivity index (χ0v) is 15.7. The minimum absolute atomic E-state index is 0.585. The van der Waals surface area contributed by atoms with Crippen LogP contribution in [-0.4, -0.2) is 65.1 Å². The molecule has 28 heavy (non-hydrogen) atoms. The smallest absolute Gasteiger partial charge is 0.225 e. The quantitative estimate of drug-likeness (QED) is 0.396. The zero-order chi connectivity index (χ0) is 19.2. The number of aromatic nitrogens is 3. The number of nitrogens with one attached hydrogen (secondary N) is 1. The van der Waals surface area contributed by atoms with Crippen molar-refractivity contribution in [3.8, 4) is 0 Å². The number of nitrogens with zero attached hydrogens (tertiary/aromatic N) is 6. The molecule has 2 aromatic heterocycles. The van der Waals surface area contributed by atoms with E-state index in [1.54, 1.807) is 12.4 Å². The third-order valence-electron chi connectivity index (χ3n) is 4.73. The molecule has 8 nitrogen and oxygen atoms in total. The van der Waals surface area contributed by atoms with Crippen LogP contribution in [0.15, 0.2) is 59.9 Å². The second kappa shape index (κ2) is 8.51. The monoisotopic (exact) mass is 376 g/mol. The number of rotatable bonds is 5. The summed E-state index contributed by atoms with van der Waals surface area (Å²) in [5.41, 5.74) is 7.15. The summed E-state index contributed by atoms with van der Waals surface area (Å²) in [5.74, 6) is 2.20.